The highest BCUT2D eigenvalue weighted by molar-refractivity contribution is 9.10. The lowest BCUT2D eigenvalue weighted by Crippen LogP contribution is -2.36. The van der Waals surface area contributed by atoms with Crippen LogP contribution in [0.1, 0.15) is 45.6 Å². The minimum Gasteiger partial charge on any atom is -0.314 e. The number of hydrogen-bond donors (Lipinski definition) is 1. The van der Waals surface area contributed by atoms with Gasteiger partial charge in [-0.05, 0) is 77.2 Å². The molecule has 1 aromatic rings. The maximum absolute atomic E-state index is 13.4. The summed E-state index contributed by atoms with van der Waals surface area (Å²) in [5.41, 5.74) is 1.25. The summed E-state index contributed by atoms with van der Waals surface area (Å²) in [6.45, 7) is 7.88. The first-order valence-corrected chi connectivity index (χ1v) is 8.92. The highest BCUT2D eigenvalue weighted by atomic mass is 79.9. The van der Waals surface area contributed by atoms with E-state index in [1.165, 1.54) is 24.8 Å². The summed E-state index contributed by atoms with van der Waals surface area (Å²) in [4.78, 5) is 0. The van der Waals surface area contributed by atoms with Crippen LogP contribution in [0.5, 0.6) is 0 Å². The number of halogens is 2. The van der Waals surface area contributed by atoms with Crippen molar-refractivity contribution in [3.8, 4) is 0 Å². The molecule has 1 saturated carbocycles. The summed E-state index contributed by atoms with van der Waals surface area (Å²) >= 11 is 3.30. The van der Waals surface area contributed by atoms with Crippen LogP contribution in [0.15, 0.2) is 22.7 Å². The molecule has 21 heavy (non-hydrogen) atoms. The zero-order valence-corrected chi connectivity index (χ0v) is 14.9. The van der Waals surface area contributed by atoms with Crippen molar-refractivity contribution in [1.29, 1.82) is 0 Å². The fourth-order valence-electron chi connectivity index (χ4n) is 3.44. The van der Waals surface area contributed by atoms with Gasteiger partial charge in [0, 0.05) is 6.04 Å². The van der Waals surface area contributed by atoms with E-state index in [-0.39, 0.29) is 5.82 Å². The minimum absolute atomic E-state index is 0.172. The molecule has 0 amide bonds. The van der Waals surface area contributed by atoms with Crippen LogP contribution in [0.25, 0.3) is 0 Å². The van der Waals surface area contributed by atoms with Crippen molar-refractivity contribution in [3.63, 3.8) is 0 Å². The van der Waals surface area contributed by atoms with E-state index in [4.69, 9.17) is 0 Å². The van der Waals surface area contributed by atoms with Gasteiger partial charge in [-0.25, -0.2) is 4.39 Å². The number of nitrogens with one attached hydrogen (secondary N) is 1. The third-order valence-electron chi connectivity index (χ3n) is 4.67. The van der Waals surface area contributed by atoms with Gasteiger partial charge in [0.25, 0.3) is 0 Å². The van der Waals surface area contributed by atoms with Gasteiger partial charge in [-0.1, -0.05) is 33.3 Å². The molecule has 3 heteroatoms. The molecular weight excluding hydrogens is 329 g/mol. The van der Waals surface area contributed by atoms with E-state index in [0.717, 1.165) is 24.8 Å². The van der Waals surface area contributed by atoms with E-state index in [1.54, 1.807) is 6.07 Å². The molecule has 1 nitrogen and oxygen atoms in total. The molecular formula is C18H27BrFN. The molecule has 0 aromatic heterocycles. The van der Waals surface area contributed by atoms with Gasteiger partial charge in [0.15, 0.2) is 0 Å². The van der Waals surface area contributed by atoms with Gasteiger partial charge >= 0.3 is 0 Å². The first-order valence-electron chi connectivity index (χ1n) is 8.13. The predicted octanol–water partition coefficient (Wildman–Crippen LogP) is 5.18. The summed E-state index contributed by atoms with van der Waals surface area (Å²) < 4.78 is 14.0. The smallest absolute Gasteiger partial charge is 0.137 e. The lowest BCUT2D eigenvalue weighted by Gasteiger charge is -2.36. The standard InChI is InChI=1S/C18H27BrFN/c1-12(2)21-11-15-6-4-13(3)8-16(15)9-14-5-7-18(20)17(19)10-14/h5,7,10,12-13,15-16,21H,4,6,8-9,11H2,1-3H3. The number of hydrogen-bond acceptors (Lipinski definition) is 1. The molecule has 1 aliphatic carbocycles. The minimum atomic E-state index is -0.172. The van der Waals surface area contributed by atoms with Crippen molar-refractivity contribution in [3.05, 3.63) is 34.1 Å². The summed E-state index contributed by atoms with van der Waals surface area (Å²) in [5.74, 6) is 2.09. The van der Waals surface area contributed by atoms with E-state index in [9.17, 15) is 4.39 Å². The third-order valence-corrected chi connectivity index (χ3v) is 5.28. The third kappa shape index (κ3) is 5.07. The first kappa shape index (κ1) is 17.0. The Hall–Kier alpha value is -0.410. The molecule has 118 valence electrons. The largest absolute Gasteiger partial charge is 0.314 e. The van der Waals surface area contributed by atoms with Gasteiger partial charge in [0.2, 0.25) is 0 Å². The van der Waals surface area contributed by atoms with Crippen LogP contribution < -0.4 is 5.32 Å². The Labute approximate surface area is 136 Å². The SMILES string of the molecule is CC1CCC(CNC(C)C)C(Cc2ccc(F)c(Br)c2)C1. The predicted molar refractivity (Wildman–Crippen MR) is 90.9 cm³/mol. The van der Waals surface area contributed by atoms with Crippen molar-refractivity contribution in [1.82, 2.24) is 5.32 Å². The summed E-state index contributed by atoms with van der Waals surface area (Å²) in [5, 5.41) is 3.60. The summed E-state index contributed by atoms with van der Waals surface area (Å²) in [7, 11) is 0. The zero-order valence-electron chi connectivity index (χ0n) is 13.3. The molecule has 0 saturated heterocycles. The van der Waals surface area contributed by atoms with Crippen LogP contribution in [0, 0.1) is 23.6 Å². The Morgan fingerprint density at radius 2 is 2.05 bits per heavy atom. The Kier molecular flexibility index (Phi) is 6.24. The average molecular weight is 356 g/mol. The van der Waals surface area contributed by atoms with Crippen LogP contribution in [-0.4, -0.2) is 12.6 Å². The molecule has 0 bridgehead atoms. The van der Waals surface area contributed by atoms with Crippen LogP contribution >= 0.6 is 15.9 Å². The van der Waals surface area contributed by atoms with Crippen LogP contribution in [0.2, 0.25) is 0 Å². The second-order valence-corrected chi connectivity index (χ2v) is 7.81. The fourth-order valence-corrected chi connectivity index (χ4v) is 3.86. The van der Waals surface area contributed by atoms with E-state index < -0.39 is 0 Å². The van der Waals surface area contributed by atoms with Crippen molar-refractivity contribution in [2.45, 2.75) is 52.5 Å². The molecule has 1 aromatic carbocycles. The van der Waals surface area contributed by atoms with Gasteiger partial charge in [-0.15, -0.1) is 0 Å². The Morgan fingerprint density at radius 1 is 1.29 bits per heavy atom. The molecule has 0 radical (unpaired) electrons. The van der Waals surface area contributed by atoms with Crippen molar-refractivity contribution in [2.24, 2.45) is 17.8 Å². The highest BCUT2D eigenvalue weighted by Gasteiger charge is 2.28. The topological polar surface area (TPSA) is 12.0 Å². The van der Waals surface area contributed by atoms with Gasteiger partial charge in [0.05, 0.1) is 4.47 Å². The molecule has 0 spiro atoms. The first-order chi connectivity index (χ1) is 9.95. The Bertz CT molecular complexity index is 461. The van der Waals surface area contributed by atoms with Gasteiger partial charge in [-0.2, -0.15) is 0 Å². The lowest BCUT2D eigenvalue weighted by molar-refractivity contribution is 0.181. The molecule has 1 N–H and O–H groups in total. The highest BCUT2D eigenvalue weighted by Crippen LogP contribution is 2.36. The van der Waals surface area contributed by atoms with E-state index in [0.29, 0.717) is 16.4 Å². The van der Waals surface area contributed by atoms with E-state index >= 15 is 0 Å². The van der Waals surface area contributed by atoms with E-state index in [1.807, 2.05) is 12.1 Å². The monoisotopic (exact) mass is 355 g/mol. The van der Waals surface area contributed by atoms with Gasteiger partial charge < -0.3 is 5.32 Å². The molecule has 0 aliphatic heterocycles. The summed E-state index contributed by atoms with van der Waals surface area (Å²) in [6, 6.07) is 6.01. The second-order valence-electron chi connectivity index (χ2n) is 6.95. The van der Waals surface area contributed by atoms with Gasteiger partial charge in [-0.3, -0.25) is 0 Å². The van der Waals surface area contributed by atoms with Crippen LogP contribution in [0.4, 0.5) is 4.39 Å². The second kappa shape index (κ2) is 7.73. The fraction of sp³-hybridized carbons (Fsp3) is 0.667. The average Bonchev–Trinajstić information content (AvgIpc) is 2.42. The molecule has 3 unspecified atom stereocenters. The maximum atomic E-state index is 13.4. The maximum Gasteiger partial charge on any atom is 0.137 e. The Morgan fingerprint density at radius 3 is 2.71 bits per heavy atom. The molecule has 2 rings (SSSR count). The van der Waals surface area contributed by atoms with E-state index in [2.05, 4.69) is 42.0 Å². The van der Waals surface area contributed by atoms with Crippen molar-refractivity contribution < 1.29 is 4.39 Å². The molecule has 1 fully saturated rings. The summed E-state index contributed by atoms with van der Waals surface area (Å²) in [6.07, 6.45) is 5.01. The van der Waals surface area contributed by atoms with Crippen molar-refractivity contribution in [2.75, 3.05) is 6.54 Å². The van der Waals surface area contributed by atoms with Crippen molar-refractivity contribution >= 4 is 15.9 Å². The molecule has 3 atom stereocenters. The zero-order chi connectivity index (χ0) is 15.4. The number of rotatable bonds is 5. The molecule has 0 heterocycles. The number of benzene rings is 1. The quantitative estimate of drug-likeness (QED) is 0.766. The lowest BCUT2D eigenvalue weighted by atomic mass is 9.72. The normalized spacial score (nSPS) is 26.3. The van der Waals surface area contributed by atoms with Crippen LogP contribution in [-0.2, 0) is 6.42 Å². The Balaban J connectivity index is 2.03. The van der Waals surface area contributed by atoms with Crippen LogP contribution in [0.3, 0.4) is 0 Å². The van der Waals surface area contributed by atoms with Gasteiger partial charge in [0.1, 0.15) is 5.82 Å². The molecule has 1 aliphatic rings.